The van der Waals surface area contributed by atoms with Crippen molar-refractivity contribution >= 4 is 29.1 Å². The molecule has 1 aromatic carbocycles. The van der Waals surface area contributed by atoms with E-state index in [1.807, 2.05) is 0 Å². The number of amides is 3. The second-order valence-electron chi connectivity index (χ2n) is 7.83. The van der Waals surface area contributed by atoms with E-state index in [1.165, 1.54) is 23.1 Å². The van der Waals surface area contributed by atoms with Gasteiger partial charge in [0.2, 0.25) is 11.8 Å². The number of carbonyl (C=O) groups excluding carboxylic acids is 3. The Morgan fingerprint density at radius 3 is 2.22 bits per heavy atom. The van der Waals surface area contributed by atoms with Crippen LogP contribution in [0.3, 0.4) is 0 Å². The molecule has 1 aromatic rings. The van der Waals surface area contributed by atoms with E-state index in [2.05, 4.69) is 4.90 Å². The van der Waals surface area contributed by atoms with Gasteiger partial charge in [-0.05, 0) is 6.07 Å². The lowest BCUT2D eigenvalue weighted by atomic mass is 10.2. The maximum Gasteiger partial charge on any atom is 0.271 e. The number of ether oxygens (including phenoxy) is 2. The summed E-state index contributed by atoms with van der Waals surface area (Å²) >= 11 is 0. The number of nitro groups is 1. The summed E-state index contributed by atoms with van der Waals surface area (Å²) in [6.07, 6.45) is 0. The summed E-state index contributed by atoms with van der Waals surface area (Å²) in [5.41, 5.74) is 0.0232. The molecule has 2 saturated heterocycles. The zero-order valence-electron chi connectivity index (χ0n) is 17.6. The summed E-state index contributed by atoms with van der Waals surface area (Å²) in [6.45, 7) is 4.18. The first kappa shape index (κ1) is 22.0. The smallest absolute Gasteiger partial charge is 0.271 e. The molecular weight excluding hydrogens is 422 g/mol. The molecule has 0 spiro atoms. The molecule has 12 heteroatoms. The molecule has 0 bridgehead atoms. The molecule has 0 aromatic heterocycles. The minimum Gasteiger partial charge on any atom is -0.482 e. The lowest BCUT2D eigenvalue weighted by Gasteiger charge is -2.37. The van der Waals surface area contributed by atoms with E-state index in [4.69, 9.17) is 9.47 Å². The molecule has 2 fully saturated rings. The monoisotopic (exact) mass is 447 g/mol. The van der Waals surface area contributed by atoms with E-state index in [-0.39, 0.29) is 36.3 Å². The Labute approximate surface area is 184 Å². The minimum atomic E-state index is -0.563. The lowest BCUT2D eigenvalue weighted by molar-refractivity contribution is -0.384. The van der Waals surface area contributed by atoms with E-state index in [1.54, 1.807) is 9.80 Å². The van der Waals surface area contributed by atoms with E-state index < -0.39 is 10.8 Å². The normalized spacial score (nSPS) is 19.4. The fourth-order valence-corrected chi connectivity index (χ4v) is 3.97. The number of anilines is 1. The van der Waals surface area contributed by atoms with Crippen molar-refractivity contribution in [1.29, 1.82) is 0 Å². The molecule has 3 heterocycles. The van der Waals surface area contributed by atoms with Crippen molar-refractivity contribution < 1.29 is 28.8 Å². The van der Waals surface area contributed by atoms with Gasteiger partial charge in [-0.2, -0.15) is 0 Å². The number of non-ortho nitro benzene ring substituents is 1. The molecule has 3 amide bonds. The molecule has 32 heavy (non-hydrogen) atoms. The largest absolute Gasteiger partial charge is 0.482 e. The number of piperazine rings is 1. The topological polar surface area (TPSA) is 126 Å². The number of hydrogen-bond acceptors (Lipinski definition) is 8. The van der Waals surface area contributed by atoms with Gasteiger partial charge in [0.05, 0.1) is 30.4 Å². The summed E-state index contributed by atoms with van der Waals surface area (Å²) < 4.78 is 10.6. The number of hydrogen-bond donors (Lipinski definition) is 0. The fourth-order valence-electron chi connectivity index (χ4n) is 3.97. The van der Waals surface area contributed by atoms with Crippen molar-refractivity contribution in [1.82, 2.24) is 14.7 Å². The molecule has 12 nitrogen and oxygen atoms in total. The molecule has 0 atom stereocenters. The fraction of sp³-hybridized carbons (Fsp3) is 0.550. The van der Waals surface area contributed by atoms with Gasteiger partial charge in [0.15, 0.2) is 6.61 Å². The number of carbonyl (C=O) groups is 3. The van der Waals surface area contributed by atoms with Crippen molar-refractivity contribution in [3.05, 3.63) is 28.3 Å². The third-order valence-electron chi connectivity index (χ3n) is 5.84. The van der Waals surface area contributed by atoms with Crippen LogP contribution in [-0.4, -0.2) is 110 Å². The second-order valence-corrected chi connectivity index (χ2v) is 7.83. The average molecular weight is 447 g/mol. The highest BCUT2D eigenvalue weighted by molar-refractivity contribution is 6.02. The molecule has 0 N–H and O–H groups in total. The van der Waals surface area contributed by atoms with E-state index in [0.717, 1.165) is 13.1 Å². The number of rotatable bonds is 5. The van der Waals surface area contributed by atoms with Crippen LogP contribution in [-0.2, 0) is 19.1 Å². The van der Waals surface area contributed by atoms with E-state index in [9.17, 15) is 24.5 Å². The highest BCUT2D eigenvalue weighted by Gasteiger charge is 2.32. The average Bonchev–Trinajstić information content (AvgIpc) is 2.81. The van der Waals surface area contributed by atoms with Gasteiger partial charge >= 0.3 is 0 Å². The van der Waals surface area contributed by atoms with Crippen molar-refractivity contribution in [2.45, 2.75) is 0 Å². The quantitative estimate of drug-likeness (QED) is 0.430. The minimum absolute atomic E-state index is 0.0311. The Bertz CT molecular complexity index is 910. The Balaban J connectivity index is 1.34. The van der Waals surface area contributed by atoms with Crippen LogP contribution in [0.5, 0.6) is 5.75 Å². The van der Waals surface area contributed by atoms with E-state index >= 15 is 0 Å². The van der Waals surface area contributed by atoms with Crippen LogP contribution in [0, 0.1) is 10.1 Å². The second kappa shape index (κ2) is 9.49. The molecule has 3 aliphatic rings. The molecule has 3 aliphatic heterocycles. The molecule has 0 saturated carbocycles. The van der Waals surface area contributed by atoms with Gasteiger partial charge in [0, 0.05) is 51.4 Å². The Kier molecular flexibility index (Phi) is 6.51. The van der Waals surface area contributed by atoms with Crippen LogP contribution >= 0.6 is 0 Å². The number of fused-ring (bicyclic) bond motifs is 1. The predicted octanol–water partition coefficient (Wildman–Crippen LogP) is -0.677. The Morgan fingerprint density at radius 2 is 1.59 bits per heavy atom. The summed E-state index contributed by atoms with van der Waals surface area (Å²) in [7, 11) is 0. The van der Waals surface area contributed by atoms with Crippen molar-refractivity contribution in [2.24, 2.45) is 0 Å². The molecule has 4 rings (SSSR count). The van der Waals surface area contributed by atoms with Crippen molar-refractivity contribution in [3.8, 4) is 5.75 Å². The predicted molar refractivity (Wildman–Crippen MR) is 111 cm³/mol. The summed E-state index contributed by atoms with van der Waals surface area (Å²) in [4.78, 5) is 55.0. The number of nitrogens with zero attached hydrogens (tertiary/aromatic N) is 5. The van der Waals surface area contributed by atoms with Crippen molar-refractivity contribution in [3.63, 3.8) is 0 Å². The molecule has 0 aliphatic carbocycles. The Hall–Kier alpha value is -3.25. The van der Waals surface area contributed by atoms with Crippen LogP contribution < -0.4 is 9.64 Å². The number of morpholine rings is 1. The standard InChI is InChI=1S/C20H25N5O7/c26-18(12-21-7-9-31-10-8-21)22-3-5-23(6-4-22)19(27)13-24-16-11-15(25(29)30)1-2-17(16)32-14-20(24)28/h1-2,11H,3-10,12-14H2. The van der Waals surface area contributed by atoms with Gasteiger partial charge in [-0.15, -0.1) is 0 Å². The first-order chi connectivity index (χ1) is 15.4. The van der Waals surface area contributed by atoms with Gasteiger partial charge in [-0.1, -0.05) is 0 Å². The van der Waals surface area contributed by atoms with Gasteiger partial charge in [-0.3, -0.25) is 34.3 Å². The summed E-state index contributed by atoms with van der Waals surface area (Å²) in [6, 6.07) is 3.96. The highest BCUT2D eigenvalue weighted by Crippen LogP contribution is 2.35. The van der Waals surface area contributed by atoms with Crippen LogP contribution in [0.2, 0.25) is 0 Å². The van der Waals surface area contributed by atoms with Gasteiger partial charge in [-0.25, -0.2) is 0 Å². The first-order valence-electron chi connectivity index (χ1n) is 10.5. The molecule has 0 unspecified atom stereocenters. The molecular formula is C20H25N5O7. The number of nitro benzene ring substituents is 1. The summed E-state index contributed by atoms with van der Waals surface area (Å²) in [5.74, 6) is -0.367. The van der Waals surface area contributed by atoms with E-state index in [0.29, 0.717) is 51.7 Å². The lowest BCUT2D eigenvalue weighted by Crippen LogP contribution is -2.55. The molecule has 0 radical (unpaired) electrons. The van der Waals surface area contributed by atoms with Crippen LogP contribution in [0.1, 0.15) is 0 Å². The van der Waals surface area contributed by atoms with Gasteiger partial charge < -0.3 is 19.3 Å². The summed E-state index contributed by atoms with van der Waals surface area (Å²) in [5, 5.41) is 11.1. The molecule has 172 valence electrons. The van der Waals surface area contributed by atoms with Crippen molar-refractivity contribution in [2.75, 3.05) is 77.1 Å². The number of benzene rings is 1. The van der Waals surface area contributed by atoms with Gasteiger partial charge in [0.25, 0.3) is 11.6 Å². The zero-order chi connectivity index (χ0) is 22.7. The third-order valence-corrected chi connectivity index (χ3v) is 5.84. The van der Waals surface area contributed by atoms with Crippen LogP contribution in [0.25, 0.3) is 0 Å². The van der Waals surface area contributed by atoms with Crippen LogP contribution in [0.15, 0.2) is 18.2 Å². The maximum atomic E-state index is 12.9. The first-order valence-corrected chi connectivity index (χ1v) is 10.5. The maximum absolute atomic E-state index is 12.9. The SMILES string of the molecule is O=C(CN1CCOCC1)N1CCN(C(=O)CN2C(=O)COc3ccc([N+](=O)[O-])cc32)CC1. The van der Waals surface area contributed by atoms with Gasteiger partial charge in [0.1, 0.15) is 12.3 Å². The van der Waals surface area contributed by atoms with Crippen LogP contribution in [0.4, 0.5) is 11.4 Å². The Morgan fingerprint density at radius 1 is 0.969 bits per heavy atom. The third kappa shape index (κ3) is 4.81. The zero-order valence-corrected chi connectivity index (χ0v) is 17.6. The highest BCUT2D eigenvalue weighted by atomic mass is 16.6.